The van der Waals surface area contributed by atoms with E-state index in [9.17, 15) is 18.4 Å². The molecular formula is C23H25F2N5O2. The second-order valence-corrected chi connectivity index (χ2v) is 7.62. The van der Waals surface area contributed by atoms with Crippen molar-refractivity contribution in [1.82, 2.24) is 20.3 Å². The lowest BCUT2D eigenvalue weighted by molar-refractivity contribution is -0.124. The molecule has 0 atom stereocenters. The molecule has 1 amide bonds. The van der Waals surface area contributed by atoms with Crippen molar-refractivity contribution in [2.45, 2.75) is 40.2 Å². The van der Waals surface area contributed by atoms with Crippen molar-refractivity contribution in [2.24, 2.45) is 5.92 Å². The predicted octanol–water partition coefficient (Wildman–Crippen LogP) is 4.09. The summed E-state index contributed by atoms with van der Waals surface area (Å²) in [5.74, 6) is -0.252. The summed E-state index contributed by atoms with van der Waals surface area (Å²) in [5.41, 5.74) is 0.930. The minimum absolute atomic E-state index is 0.0986. The fraction of sp³-hybridized carbons (Fsp3) is 0.348. The summed E-state index contributed by atoms with van der Waals surface area (Å²) in [6, 6.07) is 6.73. The molecule has 9 heteroatoms. The number of nitrogens with zero attached hydrogens (tertiary/aromatic N) is 3. The summed E-state index contributed by atoms with van der Waals surface area (Å²) in [6.45, 7) is 6.20. The summed E-state index contributed by atoms with van der Waals surface area (Å²) >= 11 is 0. The number of carbonyl (C=O) groups is 2. The third kappa shape index (κ3) is 5.22. The summed E-state index contributed by atoms with van der Waals surface area (Å²) in [7, 11) is 0. The Morgan fingerprint density at radius 1 is 1.12 bits per heavy atom. The number of ketones is 1. The topological polar surface area (TPSA) is 96.9 Å². The zero-order valence-electron chi connectivity index (χ0n) is 18.2. The first-order valence-corrected chi connectivity index (χ1v) is 10.4. The second kappa shape index (κ2) is 10.2. The smallest absolute Gasteiger partial charge is 0.281 e. The number of carbonyl (C=O) groups excluding carboxylic acids is 2. The summed E-state index contributed by atoms with van der Waals surface area (Å²) < 4.78 is 27.1. The number of nitrogens with one attached hydrogen (secondary N) is 2. The number of hydrogen-bond acceptors (Lipinski definition) is 6. The molecule has 32 heavy (non-hydrogen) atoms. The predicted molar refractivity (Wildman–Crippen MR) is 118 cm³/mol. The Morgan fingerprint density at radius 3 is 2.59 bits per heavy atom. The fourth-order valence-electron chi connectivity index (χ4n) is 3.27. The molecule has 0 aliphatic rings. The average Bonchev–Trinajstić information content (AvgIpc) is 2.77. The molecule has 0 unspecified atom stereocenters. The number of alkyl halides is 2. The molecule has 0 bridgehead atoms. The highest BCUT2D eigenvalue weighted by Crippen LogP contribution is 2.26. The number of amides is 1. The van der Waals surface area contributed by atoms with Crippen molar-refractivity contribution >= 4 is 28.4 Å². The number of pyridine rings is 1. The maximum absolute atomic E-state index is 13.6. The van der Waals surface area contributed by atoms with Crippen molar-refractivity contribution in [1.29, 1.82) is 0 Å². The van der Waals surface area contributed by atoms with E-state index in [0.29, 0.717) is 29.0 Å². The van der Waals surface area contributed by atoms with Gasteiger partial charge >= 0.3 is 0 Å². The molecule has 3 rings (SSSR count). The zero-order chi connectivity index (χ0) is 23.3. The molecular weight excluding hydrogens is 416 g/mol. The highest BCUT2D eigenvalue weighted by atomic mass is 19.3. The van der Waals surface area contributed by atoms with E-state index in [2.05, 4.69) is 25.6 Å². The fourth-order valence-corrected chi connectivity index (χ4v) is 3.27. The lowest BCUT2D eigenvalue weighted by atomic mass is 9.98. The van der Waals surface area contributed by atoms with E-state index in [0.717, 1.165) is 5.39 Å². The zero-order valence-corrected chi connectivity index (χ0v) is 18.2. The number of hydrogen-bond donors (Lipinski definition) is 2. The number of anilines is 1. The van der Waals surface area contributed by atoms with Crippen molar-refractivity contribution in [3.8, 4) is 0 Å². The van der Waals surface area contributed by atoms with Crippen LogP contribution in [-0.4, -0.2) is 33.2 Å². The minimum Gasteiger partial charge on any atom is -0.370 e. The molecule has 0 aliphatic carbocycles. The Labute approximate surface area is 184 Å². The van der Waals surface area contributed by atoms with Crippen LogP contribution in [0.5, 0.6) is 0 Å². The normalized spacial score (nSPS) is 11.2. The highest BCUT2D eigenvalue weighted by Gasteiger charge is 2.22. The number of rotatable bonds is 9. The van der Waals surface area contributed by atoms with E-state index in [1.54, 1.807) is 26.0 Å². The number of benzene rings is 1. The molecule has 0 saturated heterocycles. The van der Waals surface area contributed by atoms with Crippen molar-refractivity contribution in [2.75, 3.05) is 11.9 Å². The molecule has 2 heterocycles. The first kappa shape index (κ1) is 23.2. The molecule has 3 aromatic rings. The molecule has 0 spiro atoms. The van der Waals surface area contributed by atoms with Crippen LogP contribution in [-0.2, 0) is 17.8 Å². The van der Waals surface area contributed by atoms with Gasteiger partial charge in [-0.15, -0.1) is 0 Å². The van der Waals surface area contributed by atoms with Crippen LogP contribution in [0.2, 0.25) is 0 Å². The van der Waals surface area contributed by atoms with Crippen LogP contribution in [0.3, 0.4) is 0 Å². The van der Waals surface area contributed by atoms with E-state index in [1.165, 1.54) is 18.6 Å². The second-order valence-electron chi connectivity index (χ2n) is 7.62. The first-order chi connectivity index (χ1) is 15.3. The van der Waals surface area contributed by atoms with Crippen LogP contribution >= 0.6 is 0 Å². The van der Waals surface area contributed by atoms with Gasteiger partial charge in [0.25, 0.3) is 6.43 Å². The van der Waals surface area contributed by atoms with Gasteiger partial charge in [0.15, 0.2) is 5.78 Å². The monoisotopic (exact) mass is 441 g/mol. The third-order valence-corrected chi connectivity index (χ3v) is 4.92. The molecule has 2 aromatic heterocycles. The van der Waals surface area contributed by atoms with E-state index in [-0.39, 0.29) is 30.4 Å². The van der Waals surface area contributed by atoms with Gasteiger partial charge in [0.1, 0.15) is 17.8 Å². The number of halogens is 2. The minimum atomic E-state index is -2.90. The lowest BCUT2D eigenvalue weighted by Crippen LogP contribution is -2.27. The van der Waals surface area contributed by atoms with E-state index in [4.69, 9.17) is 0 Å². The summed E-state index contributed by atoms with van der Waals surface area (Å²) in [4.78, 5) is 37.2. The number of aromatic nitrogens is 3. The van der Waals surface area contributed by atoms with Crippen LogP contribution < -0.4 is 10.6 Å². The van der Waals surface area contributed by atoms with Gasteiger partial charge in [0.2, 0.25) is 5.91 Å². The molecule has 2 N–H and O–H groups in total. The molecule has 168 valence electrons. The quantitative estimate of drug-likeness (QED) is 0.486. The Kier molecular flexibility index (Phi) is 7.40. The van der Waals surface area contributed by atoms with Gasteiger partial charge in [0, 0.05) is 42.6 Å². The maximum atomic E-state index is 13.6. The number of para-hydroxylation sites is 1. The SMILES string of the molecule is CCNc1ncnc2c(CC(=O)c3cc(CNC(=O)C(C)C)cnc3C(F)F)cccc12. The first-order valence-electron chi connectivity index (χ1n) is 10.4. The molecule has 0 fully saturated rings. The molecule has 1 aromatic carbocycles. The van der Waals surface area contributed by atoms with Gasteiger partial charge in [-0.2, -0.15) is 0 Å². The number of fused-ring (bicyclic) bond motifs is 1. The maximum Gasteiger partial charge on any atom is 0.281 e. The van der Waals surface area contributed by atoms with E-state index < -0.39 is 17.9 Å². The average molecular weight is 441 g/mol. The van der Waals surface area contributed by atoms with Crippen LogP contribution in [0.1, 0.15) is 54.4 Å². The highest BCUT2D eigenvalue weighted by molar-refractivity contribution is 6.01. The van der Waals surface area contributed by atoms with Crippen LogP contribution in [0.4, 0.5) is 14.6 Å². The van der Waals surface area contributed by atoms with Crippen molar-refractivity contribution < 1.29 is 18.4 Å². The molecule has 0 saturated carbocycles. The van der Waals surface area contributed by atoms with Crippen LogP contribution in [0.25, 0.3) is 10.9 Å². The van der Waals surface area contributed by atoms with Crippen molar-refractivity contribution in [3.63, 3.8) is 0 Å². The van der Waals surface area contributed by atoms with E-state index >= 15 is 0 Å². The van der Waals surface area contributed by atoms with Crippen LogP contribution in [0, 0.1) is 5.92 Å². The summed E-state index contributed by atoms with van der Waals surface area (Å²) in [6.07, 6.45) is -0.364. The van der Waals surface area contributed by atoms with Gasteiger partial charge in [-0.3, -0.25) is 14.6 Å². The largest absolute Gasteiger partial charge is 0.370 e. The Balaban J connectivity index is 1.92. The molecule has 0 aliphatic heterocycles. The Bertz CT molecular complexity index is 1130. The third-order valence-electron chi connectivity index (χ3n) is 4.92. The lowest BCUT2D eigenvalue weighted by Gasteiger charge is -2.13. The van der Waals surface area contributed by atoms with Crippen LogP contribution in [0.15, 0.2) is 36.8 Å². The van der Waals surface area contributed by atoms with Crippen molar-refractivity contribution in [3.05, 3.63) is 59.2 Å². The van der Waals surface area contributed by atoms with E-state index in [1.807, 2.05) is 13.0 Å². The molecule has 0 radical (unpaired) electrons. The van der Waals surface area contributed by atoms with Gasteiger partial charge in [-0.1, -0.05) is 26.0 Å². The Hall–Kier alpha value is -3.49. The number of Topliss-reactive ketones (excluding diaryl/α,β-unsaturated/α-hetero) is 1. The van der Waals surface area contributed by atoms with Gasteiger partial charge in [0.05, 0.1) is 5.52 Å². The molecule has 7 nitrogen and oxygen atoms in total. The standard InChI is InChI=1S/C23H25F2N5O2/c1-4-26-22-16-7-5-6-15(19(16)29-12-30-22)9-18(31)17-8-14(10-27-20(17)21(24)25)11-28-23(32)13(2)3/h5-8,10,12-13,21H,4,9,11H2,1-3H3,(H,28,32)(H,26,29,30). The van der Waals surface area contributed by atoms with Gasteiger partial charge < -0.3 is 10.6 Å². The summed E-state index contributed by atoms with van der Waals surface area (Å²) in [5, 5.41) is 6.60. The Morgan fingerprint density at radius 2 is 1.91 bits per heavy atom. The van der Waals surface area contributed by atoms with Gasteiger partial charge in [-0.25, -0.2) is 18.7 Å². The van der Waals surface area contributed by atoms with Gasteiger partial charge in [-0.05, 0) is 30.2 Å².